The molecule has 0 heterocycles. The molecule has 2 aromatic rings. The second-order valence-electron chi connectivity index (χ2n) is 4.21. The van der Waals surface area contributed by atoms with E-state index >= 15 is 0 Å². The third-order valence-electron chi connectivity index (χ3n) is 2.69. The molecule has 2 nitrogen and oxygen atoms in total. The average molecular weight is 358 g/mol. The fourth-order valence-electron chi connectivity index (χ4n) is 1.66. The summed E-state index contributed by atoms with van der Waals surface area (Å²) in [5.74, 6) is -0.327. The Labute approximate surface area is 129 Å². The zero-order chi connectivity index (χ0) is 14.7. The zero-order valence-electron chi connectivity index (χ0n) is 10.6. The first-order chi connectivity index (χ1) is 9.47. The Morgan fingerprint density at radius 1 is 1.25 bits per heavy atom. The van der Waals surface area contributed by atoms with Crippen molar-refractivity contribution in [2.45, 2.75) is 13.0 Å². The van der Waals surface area contributed by atoms with E-state index in [1.165, 1.54) is 18.2 Å². The summed E-state index contributed by atoms with van der Waals surface area (Å²) in [4.78, 5) is 12.2. The van der Waals surface area contributed by atoms with Crippen molar-refractivity contribution in [2.24, 2.45) is 0 Å². The first-order valence-corrected chi connectivity index (χ1v) is 7.06. The molecule has 2 aromatic carbocycles. The molecule has 0 aliphatic rings. The summed E-state index contributed by atoms with van der Waals surface area (Å²) in [6.45, 7) is 1.62. The molecular formula is C15H11BrClFO2. The summed E-state index contributed by atoms with van der Waals surface area (Å²) in [5.41, 5.74) is 0.495. The lowest BCUT2D eigenvalue weighted by Gasteiger charge is -2.15. The van der Waals surface area contributed by atoms with E-state index in [1.54, 1.807) is 31.2 Å². The van der Waals surface area contributed by atoms with Gasteiger partial charge >= 0.3 is 0 Å². The van der Waals surface area contributed by atoms with Crippen molar-refractivity contribution in [1.29, 1.82) is 0 Å². The van der Waals surface area contributed by atoms with Crippen molar-refractivity contribution in [3.05, 3.63) is 63.3 Å². The van der Waals surface area contributed by atoms with Gasteiger partial charge in [-0.2, -0.15) is 0 Å². The average Bonchev–Trinajstić information content (AvgIpc) is 2.43. The molecule has 0 amide bonds. The van der Waals surface area contributed by atoms with Crippen LogP contribution < -0.4 is 4.74 Å². The molecular weight excluding hydrogens is 347 g/mol. The third-order valence-corrected chi connectivity index (χ3v) is 3.60. The standard InChI is InChI=1S/C15H11BrClFO2/c1-9(15(19)10-2-4-11(17)5-3-10)20-14-8-12(18)6-7-13(14)16/h2-9H,1H3. The van der Waals surface area contributed by atoms with Gasteiger partial charge in [0, 0.05) is 16.7 Å². The van der Waals surface area contributed by atoms with Gasteiger partial charge in [0.2, 0.25) is 5.78 Å². The monoisotopic (exact) mass is 356 g/mol. The molecule has 104 valence electrons. The highest BCUT2D eigenvalue weighted by atomic mass is 79.9. The summed E-state index contributed by atoms with van der Waals surface area (Å²) >= 11 is 9.03. The van der Waals surface area contributed by atoms with Crippen molar-refractivity contribution < 1.29 is 13.9 Å². The van der Waals surface area contributed by atoms with Crippen LogP contribution in [0.3, 0.4) is 0 Å². The van der Waals surface area contributed by atoms with Gasteiger partial charge in [0.1, 0.15) is 11.6 Å². The Morgan fingerprint density at radius 3 is 2.55 bits per heavy atom. The third kappa shape index (κ3) is 3.58. The van der Waals surface area contributed by atoms with E-state index in [9.17, 15) is 9.18 Å². The predicted octanol–water partition coefficient (Wildman–Crippen LogP) is 4.89. The molecule has 1 atom stereocenters. The summed E-state index contributed by atoms with van der Waals surface area (Å²) in [6.07, 6.45) is -0.728. The van der Waals surface area contributed by atoms with E-state index in [4.69, 9.17) is 16.3 Å². The van der Waals surface area contributed by atoms with Crippen molar-refractivity contribution in [1.82, 2.24) is 0 Å². The molecule has 1 unspecified atom stereocenters. The highest BCUT2D eigenvalue weighted by Gasteiger charge is 2.18. The minimum Gasteiger partial charge on any atom is -0.481 e. The maximum Gasteiger partial charge on any atom is 0.202 e. The van der Waals surface area contributed by atoms with Gasteiger partial charge in [-0.15, -0.1) is 0 Å². The Kier molecular flexibility index (Phi) is 4.78. The quantitative estimate of drug-likeness (QED) is 0.728. The normalized spacial score (nSPS) is 12.0. The molecule has 0 fully saturated rings. The maximum absolute atomic E-state index is 13.2. The summed E-state index contributed by atoms with van der Waals surface area (Å²) in [6, 6.07) is 10.6. The largest absolute Gasteiger partial charge is 0.481 e. The molecule has 0 saturated heterocycles. The smallest absolute Gasteiger partial charge is 0.202 e. The number of carbonyl (C=O) groups excluding carboxylic acids is 1. The molecule has 0 aliphatic carbocycles. The van der Waals surface area contributed by atoms with Crippen LogP contribution in [0.5, 0.6) is 5.75 Å². The number of ketones is 1. The van der Waals surface area contributed by atoms with Crippen LogP contribution in [0.1, 0.15) is 17.3 Å². The lowest BCUT2D eigenvalue weighted by molar-refractivity contribution is 0.0816. The zero-order valence-corrected chi connectivity index (χ0v) is 12.9. The van der Waals surface area contributed by atoms with Gasteiger partial charge in [0.05, 0.1) is 4.47 Å². The summed E-state index contributed by atoms with van der Waals surface area (Å²) in [5, 5.41) is 0.558. The molecule has 0 saturated carbocycles. The van der Waals surface area contributed by atoms with Crippen LogP contribution in [-0.2, 0) is 0 Å². The molecule has 0 bridgehead atoms. The van der Waals surface area contributed by atoms with Crippen molar-refractivity contribution in [3.8, 4) is 5.75 Å². The van der Waals surface area contributed by atoms with Gasteiger partial charge in [-0.25, -0.2) is 4.39 Å². The van der Waals surface area contributed by atoms with Crippen molar-refractivity contribution in [3.63, 3.8) is 0 Å². The van der Waals surface area contributed by atoms with Crippen molar-refractivity contribution in [2.75, 3.05) is 0 Å². The van der Waals surface area contributed by atoms with Crippen LogP contribution in [0.15, 0.2) is 46.9 Å². The Hall–Kier alpha value is -1.39. The van der Waals surface area contributed by atoms with Gasteiger partial charge in [-0.3, -0.25) is 4.79 Å². The minimum atomic E-state index is -0.728. The Bertz CT molecular complexity index is 628. The number of carbonyl (C=O) groups is 1. The summed E-state index contributed by atoms with van der Waals surface area (Å²) < 4.78 is 19.3. The van der Waals surface area contributed by atoms with Gasteiger partial charge in [-0.05, 0) is 59.3 Å². The van der Waals surface area contributed by atoms with Crippen LogP contribution in [0, 0.1) is 5.82 Å². The molecule has 2 rings (SSSR count). The number of halogens is 3. The van der Waals surface area contributed by atoms with Gasteiger partial charge < -0.3 is 4.74 Å². The van der Waals surface area contributed by atoms with Gasteiger partial charge in [0.15, 0.2) is 6.10 Å². The first-order valence-electron chi connectivity index (χ1n) is 5.89. The van der Waals surface area contributed by atoms with E-state index in [-0.39, 0.29) is 5.78 Å². The highest BCUT2D eigenvalue weighted by molar-refractivity contribution is 9.10. The fourth-order valence-corrected chi connectivity index (χ4v) is 2.13. The van der Waals surface area contributed by atoms with Crippen LogP contribution in [-0.4, -0.2) is 11.9 Å². The topological polar surface area (TPSA) is 26.3 Å². The Morgan fingerprint density at radius 2 is 1.90 bits per heavy atom. The van der Waals surface area contributed by atoms with E-state index in [2.05, 4.69) is 15.9 Å². The number of rotatable bonds is 4. The first kappa shape index (κ1) is 15.0. The molecule has 5 heteroatoms. The number of ether oxygens (including phenoxy) is 1. The van der Waals surface area contributed by atoms with E-state index < -0.39 is 11.9 Å². The molecule has 0 spiro atoms. The number of hydrogen-bond donors (Lipinski definition) is 0. The van der Waals surface area contributed by atoms with Crippen LogP contribution >= 0.6 is 27.5 Å². The van der Waals surface area contributed by atoms with Gasteiger partial charge in [0.25, 0.3) is 0 Å². The number of benzene rings is 2. The van der Waals surface area contributed by atoms with Crippen LogP contribution in [0.2, 0.25) is 5.02 Å². The van der Waals surface area contributed by atoms with Gasteiger partial charge in [-0.1, -0.05) is 11.6 Å². The lowest BCUT2D eigenvalue weighted by atomic mass is 10.1. The minimum absolute atomic E-state index is 0.196. The summed E-state index contributed by atoms with van der Waals surface area (Å²) in [7, 11) is 0. The van der Waals surface area contributed by atoms with Crippen LogP contribution in [0.4, 0.5) is 4.39 Å². The number of Topliss-reactive ketones (excluding diaryl/α,β-unsaturated/α-hetero) is 1. The molecule has 0 aliphatic heterocycles. The van der Waals surface area contributed by atoms with E-state index in [0.29, 0.717) is 20.8 Å². The SMILES string of the molecule is CC(Oc1cc(F)ccc1Br)C(=O)c1ccc(Cl)cc1. The predicted molar refractivity (Wildman–Crippen MR) is 80.0 cm³/mol. The van der Waals surface area contributed by atoms with E-state index in [0.717, 1.165) is 0 Å². The second-order valence-corrected chi connectivity index (χ2v) is 5.50. The highest BCUT2D eigenvalue weighted by Crippen LogP contribution is 2.27. The maximum atomic E-state index is 13.2. The van der Waals surface area contributed by atoms with Crippen LogP contribution in [0.25, 0.3) is 0 Å². The molecule has 0 aromatic heterocycles. The van der Waals surface area contributed by atoms with E-state index in [1.807, 2.05) is 0 Å². The van der Waals surface area contributed by atoms with Crippen molar-refractivity contribution >= 4 is 33.3 Å². The molecule has 0 N–H and O–H groups in total. The number of hydrogen-bond acceptors (Lipinski definition) is 2. The fraction of sp³-hybridized carbons (Fsp3) is 0.133. The second kappa shape index (κ2) is 6.37. The Balaban J connectivity index is 2.15. The lowest BCUT2D eigenvalue weighted by Crippen LogP contribution is -2.24. The molecule has 20 heavy (non-hydrogen) atoms. The molecule has 0 radical (unpaired) electrons.